The Balaban J connectivity index is 1.50. The molecule has 7 heteroatoms. The SMILES string of the molecule is O=C(O)c1ccc(COC(Cn2ccnc2)c2ccc(F)cc2)cc1CCc1ccc(F)cc1. The van der Waals surface area contributed by atoms with E-state index in [1.807, 2.05) is 16.8 Å². The quantitative estimate of drug-likeness (QED) is 0.333. The average molecular weight is 462 g/mol. The highest BCUT2D eigenvalue weighted by molar-refractivity contribution is 5.89. The smallest absolute Gasteiger partial charge is 0.335 e. The third-order valence-electron chi connectivity index (χ3n) is 5.63. The van der Waals surface area contributed by atoms with Crippen LogP contribution in [0.25, 0.3) is 0 Å². The van der Waals surface area contributed by atoms with Gasteiger partial charge < -0.3 is 14.4 Å². The number of carboxylic acid groups (broad SMARTS) is 1. The molecule has 0 aliphatic carbocycles. The number of imidazole rings is 1. The number of carboxylic acids is 1. The minimum Gasteiger partial charge on any atom is -0.478 e. The molecule has 0 amide bonds. The van der Waals surface area contributed by atoms with Crippen LogP contribution in [0.5, 0.6) is 0 Å². The molecule has 174 valence electrons. The third-order valence-corrected chi connectivity index (χ3v) is 5.63. The van der Waals surface area contributed by atoms with Gasteiger partial charge in [-0.05, 0) is 65.4 Å². The molecule has 4 aromatic rings. The van der Waals surface area contributed by atoms with Crippen LogP contribution in [0.1, 0.15) is 38.7 Å². The maximum Gasteiger partial charge on any atom is 0.335 e. The molecule has 0 fully saturated rings. The van der Waals surface area contributed by atoms with Gasteiger partial charge in [-0.3, -0.25) is 0 Å². The number of carbonyl (C=O) groups is 1. The molecule has 0 saturated heterocycles. The van der Waals surface area contributed by atoms with Crippen molar-refractivity contribution in [2.45, 2.75) is 32.1 Å². The number of ether oxygens (including phenoxy) is 1. The summed E-state index contributed by atoms with van der Waals surface area (Å²) in [7, 11) is 0. The highest BCUT2D eigenvalue weighted by Gasteiger charge is 2.16. The van der Waals surface area contributed by atoms with E-state index in [2.05, 4.69) is 4.98 Å². The van der Waals surface area contributed by atoms with Crippen LogP contribution in [-0.2, 0) is 30.7 Å². The molecule has 5 nitrogen and oxygen atoms in total. The summed E-state index contributed by atoms with van der Waals surface area (Å²) in [5.41, 5.74) is 3.51. The molecule has 1 N–H and O–H groups in total. The van der Waals surface area contributed by atoms with Crippen molar-refractivity contribution in [2.75, 3.05) is 0 Å². The van der Waals surface area contributed by atoms with Crippen molar-refractivity contribution in [1.29, 1.82) is 0 Å². The van der Waals surface area contributed by atoms with Crippen molar-refractivity contribution in [3.63, 3.8) is 0 Å². The molecule has 4 rings (SSSR count). The van der Waals surface area contributed by atoms with Crippen LogP contribution in [0.2, 0.25) is 0 Å². The van der Waals surface area contributed by atoms with Crippen LogP contribution >= 0.6 is 0 Å². The molecule has 0 bridgehead atoms. The third kappa shape index (κ3) is 6.14. The summed E-state index contributed by atoms with van der Waals surface area (Å²) < 4.78 is 34.7. The Morgan fingerprint density at radius 2 is 1.62 bits per heavy atom. The lowest BCUT2D eigenvalue weighted by Gasteiger charge is -2.20. The molecule has 3 aromatic carbocycles. The summed E-state index contributed by atoms with van der Waals surface area (Å²) in [4.78, 5) is 15.8. The van der Waals surface area contributed by atoms with Crippen molar-refractivity contribution in [3.8, 4) is 0 Å². The van der Waals surface area contributed by atoms with E-state index in [9.17, 15) is 18.7 Å². The number of hydrogen-bond acceptors (Lipinski definition) is 3. The van der Waals surface area contributed by atoms with Crippen LogP contribution < -0.4 is 0 Å². The van der Waals surface area contributed by atoms with E-state index >= 15 is 0 Å². The van der Waals surface area contributed by atoms with Crippen LogP contribution in [0.4, 0.5) is 8.78 Å². The van der Waals surface area contributed by atoms with Gasteiger partial charge in [0.05, 0.1) is 25.0 Å². The van der Waals surface area contributed by atoms with Crippen molar-refractivity contribution in [1.82, 2.24) is 9.55 Å². The lowest BCUT2D eigenvalue weighted by Crippen LogP contribution is -2.12. The Kier molecular flexibility index (Phi) is 7.44. The highest BCUT2D eigenvalue weighted by Crippen LogP contribution is 2.23. The molecule has 0 spiro atoms. The van der Waals surface area contributed by atoms with Crippen LogP contribution in [0.15, 0.2) is 85.5 Å². The van der Waals surface area contributed by atoms with E-state index in [4.69, 9.17) is 4.74 Å². The molecule has 1 heterocycles. The average Bonchev–Trinajstić information content (AvgIpc) is 3.35. The van der Waals surface area contributed by atoms with Gasteiger partial charge in [0, 0.05) is 12.4 Å². The lowest BCUT2D eigenvalue weighted by atomic mass is 9.97. The molecule has 0 radical (unpaired) electrons. The lowest BCUT2D eigenvalue weighted by molar-refractivity contribution is 0.0279. The number of aromatic carboxylic acids is 1. The van der Waals surface area contributed by atoms with E-state index in [1.165, 1.54) is 24.3 Å². The topological polar surface area (TPSA) is 64.3 Å². The zero-order valence-electron chi connectivity index (χ0n) is 18.4. The van der Waals surface area contributed by atoms with Gasteiger partial charge in [-0.2, -0.15) is 0 Å². The highest BCUT2D eigenvalue weighted by atomic mass is 19.1. The minimum absolute atomic E-state index is 0.236. The molecule has 1 unspecified atom stereocenters. The maximum atomic E-state index is 13.4. The summed E-state index contributed by atoms with van der Waals surface area (Å²) in [6.45, 7) is 0.746. The van der Waals surface area contributed by atoms with Crippen molar-refractivity contribution < 1.29 is 23.4 Å². The Labute approximate surface area is 196 Å². The predicted molar refractivity (Wildman–Crippen MR) is 123 cm³/mol. The van der Waals surface area contributed by atoms with Gasteiger partial charge in [0.25, 0.3) is 0 Å². The van der Waals surface area contributed by atoms with Gasteiger partial charge in [0.1, 0.15) is 17.7 Å². The summed E-state index contributed by atoms with van der Waals surface area (Å²) >= 11 is 0. The van der Waals surface area contributed by atoms with Crippen LogP contribution in [0.3, 0.4) is 0 Å². The second-order valence-corrected chi connectivity index (χ2v) is 8.03. The summed E-state index contributed by atoms with van der Waals surface area (Å²) in [5, 5.41) is 9.60. The maximum absolute atomic E-state index is 13.4. The Hall–Kier alpha value is -3.84. The van der Waals surface area contributed by atoms with Gasteiger partial charge in [-0.1, -0.05) is 36.4 Å². The Bertz CT molecular complexity index is 1220. The fourth-order valence-electron chi connectivity index (χ4n) is 3.80. The van der Waals surface area contributed by atoms with Crippen molar-refractivity contribution >= 4 is 5.97 Å². The fourth-order valence-corrected chi connectivity index (χ4v) is 3.80. The molecular weight excluding hydrogens is 438 g/mol. The van der Waals surface area contributed by atoms with Crippen LogP contribution in [-0.4, -0.2) is 20.6 Å². The molecule has 1 atom stereocenters. The number of aryl methyl sites for hydroxylation is 2. The van der Waals surface area contributed by atoms with Gasteiger partial charge in [-0.25, -0.2) is 18.6 Å². The summed E-state index contributed by atoms with van der Waals surface area (Å²) in [6, 6.07) is 17.5. The first-order valence-electron chi connectivity index (χ1n) is 10.9. The number of rotatable bonds is 10. The molecule has 34 heavy (non-hydrogen) atoms. The monoisotopic (exact) mass is 462 g/mol. The zero-order chi connectivity index (χ0) is 23.9. The summed E-state index contributed by atoms with van der Waals surface area (Å²) in [6.07, 6.45) is 5.93. The van der Waals surface area contributed by atoms with Crippen molar-refractivity contribution in [3.05, 3.63) is 125 Å². The second-order valence-electron chi connectivity index (χ2n) is 8.03. The molecule has 0 aliphatic rings. The fraction of sp³-hybridized carbons (Fsp3) is 0.185. The molecule has 1 aromatic heterocycles. The van der Waals surface area contributed by atoms with Gasteiger partial charge in [0.2, 0.25) is 0 Å². The number of hydrogen-bond donors (Lipinski definition) is 1. The van der Waals surface area contributed by atoms with Gasteiger partial charge in [-0.15, -0.1) is 0 Å². The standard InChI is InChI=1S/C27H24F2N2O3/c28-23-8-2-19(3-9-23)1-5-22-15-20(4-12-25(22)27(32)33)17-34-26(16-31-14-13-30-18-31)21-6-10-24(29)11-7-21/h2-4,6-15,18,26H,1,5,16-17H2,(H,32,33). The normalized spacial score (nSPS) is 11.9. The van der Waals surface area contributed by atoms with E-state index in [0.29, 0.717) is 24.9 Å². The number of aromatic nitrogens is 2. The van der Waals surface area contributed by atoms with E-state index in [1.54, 1.807) is 48.9 Å². The van der Waals surface area contributed by atoms with E-state index in [0.717, 1.165) is 16.7 Å². The first-order chi connectivity index (χ1) is 16.5. The van der Waals surface area contributed by atoms with Gasteiger partial charge in [0.15, 0.2) is 0 Å². The molecule has 0 aliphatic heterocycles. The Morgan fingerprint density at radius 1 is 0.941 bits per heavy atom. The second kappa shape index (κ2) is 10.9. The number of nitrogens with zero attached hydrogens (tertiary/aromatic N) is 2. The molecule has 0 saturated carbocycles. The van der Waals surface area contributed by atoms with Crippen molar-refractivity contribution in [2.24, 2.45) is 0 Å². The van der Waals surface area contributed by atoms with E-state index < -0.39 is 5.97 Å². The first-order valence-corrected chi connectivity index (χ1v) is 10.9. The number of halogens is 2. The minimum atomic E-state index is -0.995. The van der Waals surface area contributed by atoms with Gasteiger partial charge >= 0.3 is 5.97 Å². The molecular formula is C27H24F2N2O3. The predicted octanol–water partition coefficient (Wildman–Crippen LogP) is 5.60. The number of benzene rings is 3. The zero-order valence-corrected chi connectivity index (χ0v) is 18.4. The Morgan fingerprint density at radius 3 is 2.26 bits per heavy atom. The first kappa shape index (κ1) is 23.3. The largest absolute Gasteiger partial charge is 0.478 e. The summed E-state index contributed by atoms with van der Waals surface area (Å²) in [5.74, 6) is -1.62. The van der Waals surface area contributed by atoms with Crippen LogP contribution in [0, 0.1) is 11.6 Å². The van der Waals surface area contributed by atoms with E-state index in [-0.39, 0.29) is 29.9 Å².